The molecule has 0 saturated heterocycles. The number of fused-ring (bicyclic) bond motifs is 1. The summed E-state index contributed by atoms with van der Waals surface area (Å²) in [6.45, 7) is 9.52. The number of carbonyl (C=O) groups is 3. The van der Waals surface area contributed by atoms with Crippen LogP contribution in [0.1, 0.15) is 98.0 Å². The molecule has 3 fully saturated rings. The Morgan fingerprint density at radius 2 is 1.68 bits per heavy atom. The van der Waals surface area contributed by atoms with Gasteiger partial charge in [-0.05, 0) is 73.1 Å². The molecule has 0 aromatic heterocycles. The Morgan fingerprint density at radius 3 is 2.37 bits per heavy atom. The van der Waals surface area contributed by atoms with E-state index in [0.29, 0.717) is 36.8 Å². The highest BCUT2D eigenvalue weighted by Gasteiger charge is 2.83. The molecule has 10 heteroatoms. The molecule has 1 aromatic carbocycles. The predicted molar refractivity (Wildman–Crippen MR) is 218 cm³/mol. The number of carbonyl (C=O) groups excluding carboxylic acids is 2. The van der Waals surface area contributed by atoms with E-state index in [2.05, 4.69) is 24.1 Å². The van der Waals surface area contributed by atoms with Gasteiger partial charge in [0.25, 0.3) is 0 Å². The van der Waals surface area contributed by atoms with Crippen LogP contribution >= 0.6 is 0 Å². The van der Waals surface area contributed by atoms with Crippen LogP contribution in [0.2, 0.25) is 0 Å². The van der Waals surface area contributed by atoms with Crippen LogP contribution in [0, 0.1) is 50.7 Å². The average Bonchev–Trinajstić information content (AvgIpc) is 3.31. The van der Waals surface area contributed by atoms with E-state index in [0.717, 1.165) is 24.8 Å². The number of guanidine groups is 1. The van der Waals surface area contributed by atoms with E-state index >= 15 is 4.79 Å². The fourth-order valence-electron chi connectivity index (χ4n) is 14.5. The lowest BCUT2D eigenvalue weighted by Crippen LogP contribution is -2.71. The number of nitrogens with two attached hydrogens (primary N) is 2. The van der Waals surface area contributed by atoms with Gasteiger partial charge in [0.2, 0.25) is 0 Å². The monoisotopic (exact) mass is 777 g/mol. The second-order valence-electron chi connectivity index (χ2n) is 19.4. The van der Waals surface area contributed by atoms with Crippen molar-refractivity contribution in [2.75, 3.05) is 0 Å². The van der Waals surface area contributed by atoms with Gasteiger partial charge in [-0.15, -0.1) is 0 Å². The average molecular weight is 778 g/mol. The van der Waals surface area contributed by atoms with Crippen LogP contribution in [0.5, 0.6) is 0 Å². The third-order valence-electron chi connectivity index (χ3n) is 16.9. The number of hydrogen-bond donors (Lipinski definition) is 6. The minimum Gasteiger partial charge on any atom is -0.478 e. The van der Waals surface area contributed by atoms with Crippen LogP contribution in [0.4, 0.5) is 0 Å². The van der Waals surface area contributed by atoms with Crippen molar-refractivity contribution < 1.29 is 34.8 Å². The van der Waals surface area contributed by atoms with E-state index in [1.54, 1.807) is 12.2 Å². The van der Waals surface area contributed by atoms with E-state index in [-0.39, 0.29) is 35.9 Å². The number of hydrogen-bond acceptors (Lipinski definition) is 7. The molecule has 0 amide bonds. The van der Waals surface area contributed by atoms with Gasteiger partial charge in [0, 0.05) is 57.5 Å². The molecule has 0 heterocycles. The first-order valence-corrected chi connectivity index (χ1v) is 20.8. The number of carboxylic acid groups (broad SMARTS) is 1. The SMILES string of the molecule is C/C(=C\[C@@H](O)[C@@H]1[C@@H](N=C(N)N)C=C[C@@]2(C[C@@]3(O)C=C[C@]4(O)C5=C6C(=O)C[C@@]2(CCCCC[C@@]62CCC(=O)C(C)(C)[C@H]2[C@H]4/C=C/c2ccccc2)[C@@]53C)[C@@H]1C)C(=O)O. The van der Waals surface area contributed by atoms with Crippen LogP contribution < -0.4 is 11.5 Å². The zero-order chi connectivity index (χ0) is 41.1. The van der Waals surface area contributed by atoms with E-state index in [9.17, 15) is 30.0 Å². The number of aliphatic hydroxyl groups is 3. The maximum Gasteiger partial charge on any atom is 0.331 e. The zero-order valence-corrected chi connectivity index (χ0v) is 33.9. The fourth-order valence-corrected chi connectivity index (χ4v) is 14.5. The number of aliphatic hydroxyl groups excluding tert-OH is 1. The van der Waals surface area contributed by atoms with Crippen LogP contribution in [0.25, 0.3) is 6.08 Å². The van der Waals surface area contributed by atoms with Crippen molar-refractivity contribution in [2.24, 2.45) is 67.2 Å². The van der Waals surface area contributed by atoms with Gasteiger partial charge in [0.1, 0.15) is 11.4 Å². The molecular formula is C47H59N3O7. The summed E-state index contributed by atoms with van der Waals surface area (Å²) in [5.74, 6) is -3.41. The van der Waals surface area contributed by atoms with Gasteiger partial charge in [-0.1, -0.05) is 108 Å². The van der Waals surface area contributed by atoms with Crippen molar-refractivity contribution in [2.45, 2.75) is 116 Å². The van der Waals surface area contributed by atoms with Gasteiger partial charge in [0.15, 0.2) is 11.7 Å². The highest BCUT2D eigenvalue weighted by atomic mass is 16.4. The predicted octanol–water partition coefficient (Wildman–Crippen LogP) is 5.83. The molecular weight excluding hydrogens is 719 g/mol. The van der Waals surface area contributed by atoms with Crippen LogP contribution in [0.3, 0.4) is 0 Å². The van der Waals surface area contributed by atoms with Crippen molar-refractivity contribution in [1.82, 2.24) is 0 Å². The first-order chi connectivity index (χ1) is 26.8. The van der Waals surface area contributed by atoms with Crippen molar-refractivity contribution in [3.63, 3.8) is 0 Å². The third kappa shape index (κ3) is 5.05. The van der Waals surface area contributed by atoms with Crippen LogP contribution in [-0.4, -0.2) is 67.3 Å². The summed E-state index contributed by atoms with van der Waals surface area (Å²) < 4.78 is 0. The van der Waals surface area contributed by atoms with Crippen LogP contribution in [-0.2, 0) is 14.4 Å². The Morgan fingerprint density at radius 1 is 0.982 bits per heavy atom. The topological polar surface area (TPSA) is 197 Å². The molecule has 7 aliphatic carbocycles. The molecule has 12 atom stereocenters. The summed E-state index contributed by atoms with van der Waals surface area (Å²) >= 11 is 0. The molecule has 0 aliphatic heterocycles. The van der Waals surface area contributed by atoms with Crippen molar-refractivity contribution >= 4 is 29.6 Å². The first-order valence-electron chi connectivity index (χ1n) is 20.8. The number of aliphatic imine (C=N–C) groups is 1. The second-order valence-corrected chi connectivity index (χ2v) is 19.4. The Kier molecular flexibility index (Phi) is 9.01. The molecule has 0 unspecified atom stereocenters. The van der Waals surface area contributed by atoms with E-state index < -0.39 is 80.1 Å². The Labute approximate surface area is 335 Å². The van der Waals surface area contributed by atoms with Gasteiger partial charge in [-0.25, -0.2) is 9.79 Å². The lowest BCUT2D eigenvalue weighted by atomic mass is 9.33. The number of ketones is 2. The summed E-state index contributed by atoms with van der Waals surface area (Å²) in [6.07, 6.45) is 16.6. The highest BCUT2D eigenvalue weighted by molar-refractivity contribution is 6.02. The van der Waals surface area contributed by atoms with E-state index in [1.165, 1.54) is 13.0 Å². The lowest BCUT2D eigenvalue weighted by molar-refractivity contribution is -0.171. The standard InChI is InChI=1S/C47H59N3O7/c1-27(39(54)55)24-32(51)35-28(2)44(21-16-31(35)50-40(48)49)26-46(56)22-23-47(57)30(15-14-29-12-8-6-9-13-29)37-41(3,4)34(53)17-20-43(37)18-10-7-11-19-45(44)25-33(52)36(43)38(47)42(45,46)5/h6,8-9,12-16,21-24,28,30-32,35,37,51,56-57H,7,10-11,17-20,25-26H2,1-5H3,(H,54,55)(H4,48,49,50)/b15-14+,27-24+/t28-,30-,31+,32-,35+,37-,42-,43-,44-,45+,46+,47-/m1/s1. The smallest absolute Gasteiger partial charge is 0.331 e. The maximum atomic E-state index is 15.7. The molecule has 0 radical (unpaired) electrons. The Hall–Kier alpha value is -4.12. The lowest BCUT2D eigenvalue weighted by Gasteiger charge is -2.70. The summed E-state index contributed by atoms with van der Waals surface area (Å²) in [4.78, 5) is 46.3. The number of rotatable bonds is 6. The van der Waals surface area contributed by atoms with Gasteiger partial charge in [0.05, 0.1) is 17.7 Å². The molecule has 3 spiro atoms. The van der Waals surface area contributed by atoms with Gasteiger partial charge in [-0.3, -0.25) is 9.59 Å². The molecule has 3 saturated carbocycles. The summed E-state index contributed by atoms with van der Waals surface area (Å²) in [5.41, 5.74) is 6.23. The summed E-state index contributed by atoms with van der Waals surface area (Å²) in [5, 5.41) is 49.1. The number of allylic oxidation sites excluding steroid dienone is 2. The molecule has 7 aliphatic rings. The number of nitrogens with zero attached hydrogens (tertiary/aromatic N) is 1. The Balaban J connectivity index is 1.43. The number of aliphatic carboxylic acids is 1. The molecule has 10 nitrogen and oxygen atoms in total. The summed E-state index contributed by atoms with van der Waals surface area (Å²) in [7, 11) is 0. The highest BCUT2D eigenvalue weighted by Crippen LogP contribution is 2.83. The van der Waals surface area contributed by atoms with E-state index in [1.807, 2.05) is 63.3 Å². The number of Topliss-reactive ketones (excluding diaryl/α,β-unsaturated/α-hetero) is 2. The number of benzene rings is 1. The molecule has 304 valence electrons. The molecule has 1 aromatic rings. The van der Waals surface area contributed by atoms with Crippen LogP contribution in [0.15, 0.2) is 88.5 Å². The molecule has 8 N–H and O–H groups in total. The normalized spacial score (nSPS) is 43.6. The number of carboxylic acids is 1. The van der Waals surface area contributed by atoms with Gasteiger partial charge < -0.3 is 31.9 Å². The van der Waals surface area contributed by atoms with Gasteiger partial charge in [-0.2, -0.15) is 0 Å². The zero-order valence-electron chi connectivity index (χ0n) is 33.9. The minimum atomic E-state index is -1.71. The minimum absolute atomic E-state index is 0.0227. The molecule has 8 rings (SSSR count). The van der Waals surface area contributed by atoms with Crippen molar-refractivity contribution in [3.05, 3.63) is 89.1 Å². The van der Waals surface area contributed by atoms with Crippen molar-refractivity contribution in [1.29, 1.82) is 0 Å². The molecule has 57 heavy (non-hydrogen) atoms. The Bertz CT molecular complexity index is 2100. The fraction of sp³-hybridized carbons (Fsp3) is 0.574. The van der Waals surface area contributed by atoms with E-state index in [4.69, 9.17) is 11.5 Å². The second kappa shape index (κ2) is 12.9. The quantitative estimate of drug-likeness (QED) is 0.0892. The first kappa shape index (κ1) is 39.7. The molecule has 2 bridgehead atoms. The van der Waals surface area contributed by atoms with Crippen molar-refractivity contribution in [3.8, 4) is 0 Å². The third-order valence-corrected chi connectivity index (χ3v) is 16.9. The summed E-state index contributed by atoms with van der Waals surface area (Å²) in [6, 6.07) is 9.19. The maximum absolute atomic E-state index is 15.7. The largest absolute Gasteiger partial charge is 0.478 e. The van der Waals surface area contributed by atoms with Gasteiger partial charge >= 0.3 is 5.97 Å².